The fourth-order valence-electron chi connectivity index (χ4n) is 3.09. The third-order valence-electron chi connectivity index (χ3n) is 4.28. The highest BCUT2D eigenvalue weighted by molar-refractivity contribution is 5.37. The first-order chi connectivity index (χ1) is 9.69. The van der Waals surface area contributed by atoms with Gasteiger partial charge in [-0.2, -0.15) is 0 Å². The second-order valence-corrected chi connectivity index (χ2v) is 5.59. The molecular formula is C17H22N2O. The molecule has 2 heterocycles. The van der Waals surface area contributed by atoms with Crippen molar-refractivity contribution >= 4 is 0 Å². The molecule has 1 aliphatic heterocycles. The summed E-state index contributed by atoms with van der Waals surface area (Å²) in [4.78, 5) is 2.52. The van der Waals surface area contributed by atoms with Crippen LogP contribution in [0.5, 0.6) is 5.75 Å². The van der Waals surface area contributed by atoms with Crippen LogP contribution in [0.3, 0.4) is 0 Å². The summed E-state index contributed by atoms with van der Waals surface area (Å²) >= 11 is 0. The number of ether oxygens (including phenoxy) is 1. The molecule has 3 heteroatoms. The molecule has 0 N–H and O–H groups in total. The predicted octanol–water partition coefficient (Wildman–Crippen LogP) is 3.38. The van der Waals surface area contributed by atoms with Crippen molar-refractivity contribution in [2.75, 3.05) is 13.7 Å². The molecule has 106 valence electrons. The minimum Gasteiger partial charge on any atom is -0.496 e. The predicted molar refractivity (Wildman–Crippen MR) is 81.0 cm³/mol. The van der Waals surface area contributed by atoms with Crippen molar-refractivity contribution in [3.8, 4) is 5.75 Å². The lowest BCUT2D eigenvalue weighted by Crippen LogP contribution is -2.35. The number of methoxy groups -OCH3 is 1. The average Bonchev–Trinajstić information content (AvgIpc) is 2.91. The first-order valence-electron chi connectivity index (χ1n) is 7.21. The van der Waals surface area contributed by atoms with Crippen molar-refractivity contribution in [3.05, 3.63) is 53.3 Å². The summed E-state index contributed by atoms with van der Waals surface area (Å²) in [5, 5.41) is 0. The number of hydrogen-bond acceptors (Lipinski definition) is 2. The number of nitrogens with zero attached hydrogens (tertiary/aromatic N) is 2. The fraction of sp³-hybridized carbons (Fsp3) is 0.412. The van der Waals surface area contributed by atoms with E-state index in [1.165, 1.54) is 16.8 Å². The van der Waals surface area contributed by atoms with Gasteiger partial charge in [0.25, 0.3) is 0 Å². The van der Waals surface area contributed by atoms with E-state index >= 15 is 0 Å². The van der Waals surface area contributed by atoms with Gasteiger partial charge >= 0.3 is 0 Å². The van der Waals surface area contributed by atoms with E-state index in [0.717, 1.165) is 25.4 Å². The molecule has 3 rings (SSSR count). The maximum atomic E-state index is 5.50. The highest BCUT2D eigenvalue weighted by Gasteiger charge is 2.24. The van der Waals surface area contributed by atoms with Crippen molar-refractivity contribution in [1.29, 1.82) is 0 Å². The topological polar surface area (TPSA) is 17.4 Å². The third-order valence-corrected chi connectivity index (χ3v) is 4.28. The van der Waals surface area contributed by atoms with Gasteiger partial charge < -0.3 is 9.30 Å². The summed E-state index contributed by atoms with van der Waals surface area (Å²) < 4.78 is 7.86. The minimum absolute atomic E-state index is 0.448. The van der Waals surface area contributed by atoms with E-state index in [-0.39, 0.29) is 0 Å². The first kappa shape index (κ1) is 13.3. The second-order valence-electron chi connectivity index (χ2n) is 5.59. The first-order valence-corrected chi connectivity index (χ1v) is 7.21. The van der Waals surface area contributed by atoms with Crippen LogP contribution in [0.4, 0.5) is 0 Å². The lowest BCUT2D eigenvalue weighted by molar-refractivity contribution is 0.159. The van der Waals surface area contributed by atoms with Crippen molar-refractivity contribution in [2.24, 2.45) is 0 Å². The SMILES string of the molecule is COc1ccc(C)cc1CN1CCn2cccc2[C@@H]1C. The molecule has 1 atom stereocenters. The Kier molecular flexibility index (Phi) is 3.53. The molecule has 1 aromatic heterocycles. The molecule has 0 amide bonds. The Balaban J connectivity index is 1.84. The smallest absolute Gasteiger partial charge is 0.123 e. The van der Waals surface area contributed by atoms with Crippen LogP contribution >= 0.6 is 0 Å². The van der Waals surface area contributed by atoms with Crippen molar-refractivity contribution in [1.82, 2.24) is 9.47 Å². The van der Waals surface area contributed by atoms with Gasteiger partial charge in [-0.1, -0.05) is 17.7 Å². The van der Waals surface area contributed by atoms with Gasteiger partial charge in [0, 0.05) is 43.1 Å². The van der Waals surface area contributed by atoms with Crippen LogP contribution in [0.25, 0.3) is 0 Å². The molecule has 3 nitrogen and oxygen atoms in total. The summed E-state index contributed by atoms with van der Waals surface area (Å²) in [7, 11) is 1.75. The summed E-state index contributed by atoms with van der Waals surface area (Å²) in [6.07, 6.45) is 2.18. The van der Waals surface area contributed by atoms with Crippen LogP contribution in [-0.2, 0) is 13.1 Å². The highest BCUT2D eigenvalue weighted by atomic mass is 16.5. The summed E-state index contributed by atoms with van der Waals surface area (Å²) in [5.74, 6) is 0.990. The maximum absolute atomic E-state index is 5.50. The zero-order valence-corrected chi connectivity index (χ0v) is 12.5. The quantitative estimate of drug-likeness (QED) is 0.850. The van der Waals surface area contributed by atoms with Gasteiger partial charge in [0.2, 0.25) is 0 Å². The molecular weight excluding hydrogens is 248 g/mol. The van der Waals surface area contributed by atoms with Crippen LogP contribution in [0, 0.1) is 6.92 Å². The zero-order valence-electron chi connectivity index (χ0n) is 12.5. The van der Waals surface area contributed by atoms with Gasteiger partial charge in [-0.05, 0) is 32.0 Å². The normalized spacial score (nSPS) is 18.9. The van der Waals surface area contributed by atoms with Crippen molar-refractivity contribution in [2.45, 2.75) is 33.0 Å². The molecule has 20 heavy (non-hydrogen) atoms. The van der Waals surface area contributed by atoms with E-state index in [9.17, 15) is 0 Å². The van der Waals surface area contributed by atoms with E-state index in [2.05, 4.69) is 59.8 Å². The van der Waals surface area contributed by atoms with Crippen LogP contribution in [0.15, 0.2) is 36.5 Å². The molecule has 1 aliphatic rings. The number of hydrogen-bond donors (Lipinski definition) is 0. The lowest BCUT2D eigenvalue weighted by atomic mass is 10.1. The molecule has 0 saturated heterocycles. The number of aryl methyl sites for hydroxylation is 1. The van der Waals surface area contributed by atoms with E-state index in [1.807, 2.05) is 0 Å². The molecule has 0 unspecified atom stereocenters. The summed E-state index contributed by atoms with van der Waals surface area (Å²) in [6.45, 7) is 7.51. The Morgan fingerprint density at radius 3 is 2.90 bits per heavy atom. The maximum Gasteiger partial charge on any atom is 0.123 e. The second kappa shape index (κ2) is 5.33. The number of rotatable bonds is 3. The molecule has 0 spiro atoms. The summed E-state index contributed by atoms with van der Waals surface area (Å²) in [5.41, 5.74) is 3.97. The largest absolute Gasteiger partial charge is 0.496 e. The van der Waals surface area contributed by atoms with E-state index in [1.54, 1.807) is 7.11 Å². The Labute approximate surface area is 120 Å². The van der Waals surface area contributed by atoms with Crippen molar-refractivity contribution < 1.29 is 4.74 Å². The number of benzene rings is 1. The van der Waals surface area contributed by atoms with Crippen LogP contribution in [0.2, 0.25) is 0 Å². The van der Waals surface area contributed by atoms with Gasteiger partial charge in [0.05, 0.1) is 7.11 Å². The highest BCUT2D eigenvalue weighted by Crippen LogP contribution is 2.29. The Bertz CT molecular complexity index is 603. The van der Waals surface area contributed by atoms with Crippen LogP contribution < -0.4 is 4.74 Å². The Morgan fingerprint density at radius 2 is 2.10 bits per heavy atom. The molecule has 1 aromatic carbocycles. The number of aromatic nitrogens is 1. The Hall–Kier alpha value is -1.74. The van der Waals surface area contributed by atoms with Crippen LogP contribution in [0.1, 0.15) is 29.8 Å². The molecule has 0 fully saturated rings. The molecule has 0 radical (unpaired) electrons. The van der Waals surface area contributed by atoms with Gasteiger partial charge in [0.1, 0.15) is 5.75 Å². The third kappa shape index (κ3) is 2.34. The number of fused-ring (bicyclic) bond motifs is 1. The molecule has 0 aliphatic carbocycles. The average molecular weight is 270 g/mol. The monoisotopic (exact) mass is 270 g/mol. The molecule has 0 bridgehead atoms. The summed E-state index contributed by atoms with van der Waals surface area (Å²) in [6, 6.07) is 11.2. The van der Waals surface area contributed by atoms with Crippen molar-refractivity contribution in [3.63, 3.8) is 0 Å². The van der Waals surface area contributed by atoms with E-state index < -0.39 is 0 Å². The van der Waals surface area contributed by atoms with Gasteiger partial charge in [-0.25, -0.2) is 0 Å². The van der Waals surface area contributed by atoms with E-state index in [0.29, 0.717) is 6.04 Å². The van der Waals surface area contributed by atoms with Gasteiger partial charge in [-0.15, -0.1) is 0 Å². The lowest BCUT2D eigenvalue weighted by Gasteiger charge is -2.35. The fourth-order valence-corrected chi connectivity index (χ4v) is 3.09. The van der Waals surface area contributed by atoms with Gasteiger partial charge in [-0.3, -0.25) is 4.90 Å². The van der Waals surface area contributed by atoms with Gasteiger partial charge in [0.15, 0.2) is 0 Å². The standard InChI is InChI=1S/C17H22N2O/c1-13-6-7-17(20-3)15(11-13)12-19-10-9-18-8-4-5-16(18)14(19)2/h4-8,11,14H,9-10,12H2,1-3H3/t14-/m0/s1. The van der Waals surface area contributed by atoms with Crippen LogP contribution in [-0.4, -0.2) is 23.1 Å². The zero-order chi connectivity index (χ0) is 14.1. The van der Waals surface area contributed by atoms with E-state index in [4.69, 9.17) is 4.74 Å². The minimum atomic E-state index is 0.448. The Morgan fingerprint density at radius 1 is 1.25 bits per heavy atom. The molecule has 2 aromatic rings. The molecule has 0 saturated carbocycles.